The van der Waals surface area contributed by atoms with Crippen molar-refractivity contribution in [1.29, 1.82) is 5.41 Å². The molecule has 0 aliphatic carbocycles. The fourth-order valence-corrected chi connectivity index (χ4v) is 5.03. The summed E-state index contributed by atoms with van der Waals surface area (Å²) in [7, 11) is 0. The lowest BCUT2D eigenvalue weighted by Gasteiger charge is -2.34. The number of carbonyl (C=O) groups excluding carboxylic acids is 5. The fraction of sp³-hybridized carbons (Fsp3) is 0.814. The average Bonchev–Trinajstić information content (AvgIpc) is 3.01. The number of carbonyl (C=O) groups is 5. The second-order valence-electron chi connectivity index (χ2n) is 19.7. The first-order valence-corrected chi connectivity index (χ1v) is 21.4. The lowest BCUT2D eigenvalue weighted by Crippen LogP contribution is -2.53. The number of unbranched alkanes of at least 4 members (excludes halogenated alkanes) is 8. The van der Waals surface area contributed by atoms with E-state index in [-0.39, 0.29) is 25.0 Å². The first-order valence-electron chi connectivity index (χ1n) is 21.4. The summed E-state index contributed by atoms with van der Waals surface area (Å²) in [6.07, 6.45) is 2.90. The van der Waals surface area contributed by atoms with Crippen LogP contribution >= 0.6 is 0 Å². The molecule has 352 valence electrons. The van der Waals surface area contributed by atoms with Crippen molar-refractivity contribution in [3.8, 4) is 0 Å². The number of amides is 5. The Bertz CT molecular complexity index is 1480. The molecule has 0 aliphatic rings. The van der Waals surface area contributed by atoms with Crippen LogP contribution in [0.25, 0.3) is 0 Å². The summed E-state index contributed by atoms with van der Waals surface area (Å²) in [4.78, 5) is 76.6. The normalized spacial score (nSPS) is 12.8. The van der Waals surface area contributed by atoms with Crippen molar-refractivity contribution in [3.05, 3.63) is 0 Å². The van der Waals surface area contributed by atoms with Crippen LogP contribution in [0.1, 0.15) is 175 Å². The number of nitrogens with one attached hydrogen (secondary N) is 4. The highest BCUT2D eigenvalue weighted by Gasteiger charge is 2.35. The Morgan fingerprint density at radius 2 is 0.820 bits per heavy atom. The topological polar surface area (TPSA) is 223 Å². The second-order valence-corrected chi connectivity index (χ2v) is 19.7. The summed E-state index contributed by atoms with van der Waals surface area (Å²) in [5, 5.41) is 16.0. The highest BCUT2D eigenvalue weighted by atomic mass is 16.6. The number of alkyl carbamates (subject to hydrolysis) is 1. The molecule has 18 nitrogen and oxygen atoms in total. The summed E-state index contributed by atoms with van der Waals surface area (Å²) in [5.41, 5.74) is -4.27. The van der Waals surface area contributed by atoms with Crippen LogP contribution in [-0.4, -0.2) is 112 Å². The van der Waals surface area contributed by atoms with Crippen molar-refractivity contribution in [1.82, 2.24) is 25.8 Å². The van der Waals surface area contributed by atoms with E-state index in [1.807, 2.05) is 0 Å². The van der Waals surface area contributed by atoms with E-state index in [0.29, 0.717) is 44.6 Å². The molecule has 0 saturated carbocycles. The Hall–Kier alpha value is -4.64. The minimum atomic E-state index is -0.984. The van der Waals surface area contributed by atoms with Crippen LogP contribution < -0.4 is 16.0 Å². The zero-order valence-corrected chi connectivity index (χ0v) is 40.3. The van der Waals surface area contributed by atoms with E-state index < -0.39 is 58.5 Å². The molecule has 18 heteroatoms. The van der Waals surface area contributed by atoms with Crippen LogP contribution in [-0.2, 0) is 23.7 Å². The van der Waals surface area contributed by atoms with Crippen molar-refractivity contribution >= 4 is 48.2 Å². The van der Waals surface area contributed by atoms with Crippen molar-refractivity contribution in [2.24, 2.45) is 9.98 Å². The van der Waals surface area contributed by atoms with Gasteiger partial charge in [0.2, 0.25) is 11.9 Å². The Balaban J connectivity index is 6.23. The van der Waals surface area contributed by atoms with Crippen molar-refractivity contribution in [2.45, 2.75) is 203 Å². The van der Waals surface area contributed by atoms with Crippen LogP contribution in [0.5, 0.6) is 0 Å². The van der Waals surface area contributed by atoms with E-state index in [1.165, 1.54) is 9.80 Å². The van der Waals surface area contributed by atoms with Crippen LogP contribution in [0.2, 0.25) is 0 Å². The monoisotopic (exact) mass is 869 g/mol. The zero-order valence-electron chi connectivity index (χ0n) is 40.3. The molecular formula is C43H80N8O10. The molecule has 0 saturated heterocycles. The molecule has 0 radical (unpaired) electrons. The van der Waals surface area contributed by atoms with E-state index in [4.69, 9.17) is 29.1 Å². The molecule has 0 aliphatic heterocycles. The molecule has 61 heavy (non-hydrogen) atoms. The predicted molar refractivity (Wildman–Crippen MR) is 238 cm³/mol. The molecule has 5 amide bonds. The van der Waals surface area contributed by atoms with E-state index in [1.54, 1.807) is 111 Å². The Morgan fingerprint density at radius 1 is 0.475 bits per heavy atom. The number of ether oxygens (including phenoxy) is 5. The lowest BCUT2D eigenvalue weighted by molar-refractivity contribution is 0.0270. The standard InChI is InChI=1S/C43H80N8O10/c1-31(44)45-27-23-19-17-21-25-29-50(37(55)60-42(11,12)13)33(49-36(54)59-41(8,9)10)51(38(56)61-43(14,15)16)30-26-22-18-20-24-28-46-32(47-34(52)57-39(2,3)4)48-35(53)58-40(5,6)7/h17-30H2,1-16H3,(H2,44,45)(H2,46,47,48,52,53)/b49-33+. The summed E-state index contributed by atoms with van der Waals surface area (Å²) in [6.45, 7) is 28.6. The molecule has 0 bridgehead atoms. The van der Waals surface area contributed by atoms with Gasteiger partial charge in [-0.25, -0.2) is 33.8 Å². The number of rotatable bonds is 16. The molecule has 0 fully saturated rings. The van der Waals surface area contributed by atoms with Gasteiger partial charge in [0.25, 0.3) is 0 Å². The largest absolute Gasteiger partial charge is 0.444 e. The third kappa shape index (κ3) is 31.8. The van der Waals surface area contributed by atoms with E-state index in [0.717, 1.165) is 38.5 Å². The van der Waals surface area contributed by atoms with Gasteiger partial charge < -0.3 is 34.3 Å². The minimum Gasteiger partial charge on any atom is -0.444 e. The molecule has 0 aromatic heterocycles. The van der Waals surface area contributed by atoms with Gasteiger partial charge in [0, 0.05) is 26.2 Å². The third-order valence-electron chi connectivity index (χ3n) is 7.31. The first-order chi connectivity index (χ1) is 27.8. The fourth-order valence-electron chi connectivity index (χ4n) is 5.03. The summed E-state index contributed by atoms with van der Waals surface area (Å²) >= 11 is 0. The maximum absolute atomic E-state index is 14.0. The third-order valence-corrected chi connectivity index (χ3v) is 7.31. The smallest absolute Gasteiger partial charge is 0.437 e. The molecule has 0 atom stereocenters. The highest BCUT2D eigenvalue weighted by Crippen LogP contribution is 2.19. The first kappa shape index (κ1) is 56.4. The van der Waals surface area contributed by atoms with Gasteiger partial charge >= 0.3 is 30.5 Å². The molecule has 4 N–H and O–H groups in total. The Morgan fingerprint density at radius 3 is 1.20 bits per heavy atom. The van der Waals surface area contributed by atoms with Gasteiger partial charge in [-0.1, -0.05) is 38.5 Å². The van der Waals surface area contributed by atoms with Crippen molar-refractivity contribution in [3.63, 3.8) is 0 Å². The van der Waals surface area contributed by atoms with Crippen LogP contribution in [0.15, 0.2) is 9.98 Å². The van der Waals surface area contributed by atoms with E-state index >= 15 is 0 Å². The molecule has 0 rings (SSSR count). The maximum Gasteiger partial charge on any atom is 0.437 e. The predicted octanol–water partition coefficient (Wildman–Crippen LogP) is 9.64. The SMILES string of the molecule is CC(=N)NCCCCCCCN(C(=O)OC(C)(C)C)/C(=N\C(=O)OC(C)(C)C)N(CCCCCCCN/C(=N\C(=O)OC(C)(C)C)NC(=O)OC(C)(C)C)C(=O)OC(C)(C)C. The van der Waals surface area contributed by atoms with Crippen LogP contribution in [0.4, 0.5) is 24.0 Å². The highest BCUT2D eigenvalue weighted by molar-refractivity contribution is 6.05. The number of hydrogen-bond donors (Lipinski definition) is 4. The molecule has 0 heterocycles. The van der Waals surface area contributed by atoms with E-state index in [9.17, 15) is 24.0 Å². The van der Waals surface area contributed by atoms with Gasteiger partial charge in [-0.2, -0.15) is 0 Å². The zero-order chi connectivity index (χ0) is 47.2. The molecule has 0 aromatic rings. The van der Waals surface area contributed by atoms with Gasteiger partial charge in [0.05, 0.1) is 5.84 Å². The summed E-state index contributed by atoms with van der Waals surface area (Å²) < 4.78 is 27.7. The Labute approximate surface area is 365 Å². The number of amidine groups is 1. The number of hydrogen-bond acceptors (Lipinski definition) is 11. The lowest BCUT2D eigenvalue weighted by atomic mass is 10.1. The van der Waals surface area contributed by atoms with Gasteiger partial charge in [-0.15, -0.1) is 9.98 Å². The maximum atomic E-state index is 14.0. The summed E-state index contributed by atoms with van der Waals surface area (Å²) in [5.74, 6) is 0.0664. The number of guanidine groups is 2. The van der Waals surface area contributed by atoms with Crippen LogP contribution in [0.3, 0.4) is 0 Å². The van der Waals surface area contributed by atoms with Crippen LogP contribution in [0, 0.1) is 5.41 Å². The summed E-state index contributed by atoms with van der Waals surface area (Å²) in [6, 6.07) is 0. The van der Waals surface area contributed by atoms with Gasteiger partial charge in [-0.3, -0.25) is 10.7 Å². The molecule has 0 spiro atoms. The van der Waals surface area contributed by atoms with Gasteiger partial charge in [0.15, 0.2) is 0 Å². The average molecular weight is 869 g/mol. The quantitative estimate of drug-likeness (QED) is 0.0493. The molecule has 0 aromatic carbocycles. The Kier molecular flexibility index (Phi) is 24.0. The molecular weight excluding hydrogens is 789 g/mol. The minimum absolute atomic E-state index is 0.0556. The second kappa shape index (κ2) is 26.0. The van der Waals surface area contributed by atoms with Crippen molar-refractivity contribution in [2.75, 3.05) is 26.2 Å². The number of nitrogens with zero attached hydrogens (tertiary/aromatic N) is 4. The number of aliphatic imine (C=N–C) groups is 2. The van der Waals surface area contributed by atoms with Gasteiger partial charge in [-0.05, 0) is 136 Å². The van der Waals surface area contributed by atoms with E-state index in [2.05, 4.69) is 25.9 Å². The van der Waals surface area contributed by atoms with Crippen molar-refractivity contribution < 1.29 is 47.7 Å². The van der Waals surface area contributed by atoms with Gasteiger partial charge in [0.1, 0.15) is 28.0 Å². The molecule has 0 unspecified atom stereocenters.